The number of nitrogens with one attached hydrogen (secondary N) is 2. The molecule has 0 saturated heterocycles. The Balaban J connectivity index is 1.89. The van der Waals surface area contributed by atoms with Crippen molar-refractivity contribution in [1.82, 2.24) is 15.5 Å². The van der Waals surface area contributed by atoms with Gasteiger partial charge in [0.1, 0.15) is 0 Å². The first-order valence-corrected chi connectivity index (χ1v) is 8.29. The van der Waals surface area contributed by atoms with Crippen LogP contribution in [-0.4, -0.2) is 44.1 Å². The first kappa shape index (κ1) is 16.9. The lowest BCUT2D eigenvalue weighted by Crippen LogP contribution is -2.54. The van der Waals surface area contributed by atoms with Crippen LogP contribution in [0, 0.1) is 0 Å². The lowest BCUT2D eigenvalue weighted by Gasteiger charge is -2.40. The van der Waals surface area contributed by atoms with Crippen LogP contribution >= 0.6 is 0 Å². The summed E-state index contributed by atoms with van der Waals surface area (Å²) in [5.41, 5.74) is 1.36. The van der Waals surface area contributed by atoms with Crippen molar-refractivity contribution in [2.75, 3.05) is 27.7 Å². The molecule has 0 aromatic carbocycles. The molecule has 1 saturated carbocycles. The summed E-state index contributed by atoms with van der Waals surface area (Å²) in [5, 5.41) is 6.86. The average Bonchev–Trinajstić information content (AvgIpc) is 2.91. The molecule has 2 N–H and O–H groups in total. The fourth-order valence-electron chi connectivity index (χ4n) is 3.22. The van der Waals surface area contributed by atoms with Crippen LogP contribution < -0.4 is 10.6 Å². The number of furan rings is 1. The molecule has 22 heavy (non-hydrogen) atoms. The number of hydrogen-bond donors (Lipinski definition) is 2. The zero-order chi connectivity index (χ0) is 15.8. The summed E-state index contributed by atoms with van der Waals surface area (Å²) in [5.74, 6) is 0.853. The molecule has 1 aromatic rings. The van der Waals surface area contributed by atoms with Gasteiger partial charge in [-0.15, -0.1) is 0 Å². The molecular weight excluding hydrogens is 276 g/mol. The molecule has 0 atom stereocenters. The van der Waals surface area contributed by atoms with E-state index in [9.17, 15) is 0 Å². The van der Waals surface area contributed by atoms with E-state index in [2.05, 4.69) is 34.6 Å². The van der Waals surface area contributed by atoms with E-state index in [1.54, 1.807) is 12.5 Å². The minimum Gasteiger partial charge on any atom is -0.472 e. The minimum absolute atomic E-state index is 0.240. The van der Waals surface area contributed by atoms with Crippen molar-refractivity contribution in [2.45, 2.75) is 50.6 Å². The topological polar surface area (TPSA) is 52.8 Å². The van der Waals surface area contributed by atoms with E-state index in [1.807, 2.05) is 13.1 Å². The Morgan fingerprint density at radius 1 is 1.23 bits per heavy atom. The molecule has 0 unspecified atom stereocenters. The van der Waals surface area contributed by atoms with Gasteiger partial charge in [0.15, 0.2) is 5.96 Å². The quantitative estimate of drug-likeness (QED) is 0.499. The SMILES string of the molecule is CN=C(NCc1ccoc1)NCC1(N(C)C)CCCCCC1. The van der Waals surface area contributed by atoms with Gasteiger partial charge in [-0.05, 0) is 33.0 Å². The van der Waals surface area contributed by atoms with Crippen molar-refractivity contribution >= 4 is 5.96 Å². The van der Waals surface area contributed by atoms with Crippen LogP contribution in [-0.2, 0) is 6.54 Å². The van der Waals surface area contributed by atoms with E-state index in [0.29, 0.717) is 0 Å². The van der Waals surface area contributed by atoms with Gasteiger partial charge in [-0.25, -0.2) is 0 Å². The maximum atomic E-state index is 5.09. The minimum atomic E-state index is 0.240. The number of aliphatic imine (C=N–C) groups is 1. The molecule has 1 aliphatic rings. The van der Waals surface area contributed by atoms with Crippen LogP contribution in [0.25, 0.3) is 0 Å². The summed E-state index contributed by atoms with van der Waals surface area (Å²) in [6.45, 7) is 1.66. The zero-order valence-corrected chi connectivity index (χ0v) is 14.2. The number of likely N-dealkylation sites (N-methyl/N-ethyl adjacent to an activating group) is 1. The smallest absolute Gasteiger partial charge is 0.191 e. The van der Waals surface area contributed by atoms with Crippen molar-refractivity contribution < 1.29 is 4.42 Å². The van der Waals surface area contributed by atoms with Gasteiger partial charge in [0, 0.05) is 31.2 Å². The van der Waals surface area contributed by atoms with Crippen LogP contribution in [0.4, 0.5) is 0 Å². The highest BCUT2D eigenvalue weighted by Gasteiger charge is 2.33. The Morgan fingerprint density at radius 2 is 1.95 bits per heavy atom. The van der Waals surface area contributed by atoms with E-state index in [4.69, 9.17) is 4.42 Å². The summed E-state index contributed by atoms with van der Waals surface area (Å²) in [6, 6.07) is 1.97. The predicted molar refractivity (Wildman–Crippen MR) is 91.0 cm³/mol. The van der Waals surface area contributed by atoms with Crippen LogP contribution in [0.3, 0.4) is 0 Å². The van der Waals surface area contributed by atoms with Gasteiger partial charge in [0.2, 0.25) is 0 Å². The van der Waals surface area contributed by atoms with Gasteiger partial charge >= 0.3 is 0 Å². The van der Waals surface area contributed by atoms with E-state index in [1.165, 1.54) is 38.5 Å². The molecule has 0 radical (unpaired) electrons. The summed E-state index contributed by atoms with van der Waals surface area (Å²) in [7, 11) is 6.23. The van der Waals surface area contributed by atoms with Crippen LogP contribution in [0.2, 0.25) is 0 Å². The summed E-state index contributed by atoms with van der Waals surface area (Å²) >= 11 is 0. The highest BCUT2D eigenvalue weighted by atomic mass is 16.3. The number of nitrogens with zero attached hydrogens (tertiary/aromatic N) is 2. The molecule has 1 aromatic heterocycles. The standard InChI is InChI=1S/C17H30N4O/c1-18-16(19-12-15-8-11-22-13-15)20-14-17(21(2)3)9-6-4-5-7-10-17/h8,11,13H,4-7,9-10,12,14H2,1-3H3,(H2,18,19,20). The Morgan fingerprint density at radius 3 is 2.50 bits per heavy atom. The van der Waals surface area contributed by atoms with Crippen LogP contribution in [0.15, 0.2) is 28.0 Å². The maximum Gasteiger partial charge on any atom is 0.191 e. The van der Waals surface area contributed by atoms with E-state index in [-0.39, 0.29) is 5.54 Å². The lowest BCUT2D eigenvalue weighted by molar-refractivity contribution is 0.132. The monoisotopic (exact) mass is 306 g/mol. The van der Waals surface area contributed by atoms with Gasteiger partial charge in [-0.2, -0.15) is 0 Å². The van der Waals surface area contributed by atoms with Crippen LogP contribution in [0.1, 0.15) is 44.1 Å². The third kappa shape index (κ3) is 4.50. The number of guanidine groups is 1. The predicted octanol–water partition coefficient (Wildman–Crippen LogP) is 2.60. The second-order valence-corrected chi connectivity index (χ2v) is 6.44. The van der Waals surface area contributed by atoms with Crippen molar-refractivity contribution in [3.05, 3.63) is 24.2 Å². The van der Waals surface area contributed by atoms with Crippen molar-refractivity contribution in [2.24, 2.45) is 4.99 Å². The van der Waals surface area contributed by atoms with E-state index >= 15 is 0 Å². The molecule has 1 heterocycles. The molecule has 0 aliphatic heterocycles. The molecular formula is C17H30N4O. The van der Waals surface area contributed by atoms with Gasteiger partial charge < -0.3 is 20.0 Å². The largest absolute Gasteiger partial charge is 0.472 e. The van der Waals surface area contributed by atoms with E-state index in [0.717, 1.165) is 24.6 Å². The summed E-state index contributed by atoms with van der Waals surface area (Å²) in [4.78, 5) is 6.73. The van der Waals surface area contributed by atoms with Crippen molar-refractivity contribution in [3.63, 3.8) is 0 Å². The summed E-state index contributed by atoms with van der Waals surface area (Å²) in [6.07, 6.45) is 11.3. The second kappa shape index (κ2) is 8.22. The molecule has 0 spiro atoms. The van der Waals surface area contributed by atoms with Crippen LogP contribution in [0.5, 0.6) is 0 Å². The fraction of sp³-hybridized carbons (Fsp3) is 0.706. The normalized spacial score (nSPS) is 19.0. The molecule has 1 aliphatic carbocycles. The third-order valence-corrected chi connectivity index (χ3v) is 4.83. The third-order valence-electron chi connectivity index (χ3n) is 4.83. The molecule has 124 valence electrons. The van der Waals surface area contributed by atoms with Gasteiger partial charge in [-0.3, -0.25) is 4.99 Å². The zero-order valence-electron chi connectivity index (χ0n) is 14.2. The highest BCUT2D eigenvalue weighted by Crippen LogP contribution is 2.30. The molecule has 5 heteroatoms. The van der Waals surface area contributed by atoms with Gasteiger partial charge in [-0.1, -0.05) is 25.7 Å². The highest BCUT2D eigenvalue weighted by molar-refractivity contribution is 5.79. The van der Waals surface area contributed by atoms with Crippen molar-refractivity contribution in [1.29, 1.82) is 0 Å². The Kier molecular flexibility index (Phi) is 6.31. The van der Waals surface area contributed by atoms with E-state index < -0.39 is 0 Å². The first-order chi connectivity index (χ1) is 10.7. The molecule has 5 nitrogen and oxygen atoms in total. The molecule has 0 amide bonds. The number of hydrogen-bond acceptors (Lipinski definition) is 3. The first-order valence-electron chi connectivity index (χ1n) is 8.29. The summed E-state index contributed by atoms with van der Waals surface area (Å²) < 4.78 is 5.09. The van der Waals surface area contributed by atoms with Gasteiger partial charge in [0.25, 0.3) is 0 Å². The Labute approximate surface area is 134 Å². The Hall–Kier alpha value is -1.49. The lowest BCUT2D eigenvalue weighted by atomic mass is 9.89. The molecule has 0 bridgehead atoms. The van der Waals surface area contributed by atoms with Crippen molar-refractivity contribution in [3.8, 4) is 0 Å². The Bertz CT molecular complexity index is 445. The number of rotatable bonds is 5. The maximum absolute atomic E-state index is 5.09. The second-order valence-electron chi connectivity index (χ2n) is 6.44. The molecule has 1 fully saturated rings. The molecule has 2 rings (SSSR count). The fourth-order valence-corrected chi connectivity index (χ4v) is 3.22. The van der Waals surface area contributed by atoms with Gasteiger partial charge in [0.05, 0.1) is 12.5 Å². The average molecular weight is 306 g/mol.